The number of hydrogen-bond acceptors (Lipinski definition) is 1. The molecule has 0 amide bonds. The predicted octanol–water partition coefficient (Wildman–Crippen LogP) is -0.165. The summed E-state index contributed by atoms with van der Waals surface area (Å²) in [4.78, 5) is 0. The van der Waals surface area contributed by atoms with Crippen molar-refractivity contribution in [3.05, 3.63) is 0 Å². The average molecular weight is 115 g/mol. The second-order valence-electron chi connectivity index (χ2n) is 1.48. The van der Waals surface area contributed by atoms with Gasteiger partial charge in [0, 0.05) is 9.76 Å². The zero-order valence-corrected chi connectivity index (χ0v) is 6.45. The summed E-state index contributed by atoms with van der Waals surface area (Å²) in [6, 6.07) is 0. The highest BCUT2D eigenvalue weighted by Gasteiger charge is 1.94. The van der Waals surface area contributed by atoms with Gasteiger partial charge in [0.1, 0.15) is 8.48 Å². The summed E-state index contributed by atoms with van der Waals surface area (Å²) in [5.74, 6) is 0. The topological polar surface area (TPSA) is 3.24 Å². The van der Waals surface area contributed by atoms with E-state index in [-0.39, 0.29) is 8.48 Å². The van der Waals surface area contributed by atoms with Gasteiger partial charge < -0.3 is 4.57 Å². The van der Waals surface area contributed by atoms with E-state index < -0.39 is 0 Å². The highest BCUT2D eigenvalue weighted by Crippen LogP contribution is 1.74. The monoisotopic (exact) mass is 115 g/mol. The summed E-state index contributed by atoms with van der Waals surface area (Å²) >= 11 is 0. The summed E-state index contributed by atoms with van der Waals surface area (Å²) in [6.45, 7) is 2.18. The highest BCUT2D eigenvalue weighted by molar-refractivity contribution is 7.00. The van der Waals surface area contributed by atoms with E-state index in [2.05, 4.69) is 35.0 Å². The fourth-order valence-corrected chi connectivity index (χ4v) is 0. The quantitative estimate of drug-likeness (QED) is 0.429. The zero-order chi connectivity index (χ0) is 5.15. The van der Waals surface area contributed by atoms with Crippen LogP contribution in [0.1, 0.15) is 0 Å². The van der Waals surface area contributed by atoms with E-state index in [0.717, 1.165) is 0 Å². The van der Waals surface area contributed by atoms with Crippen LogP contribution < -0.4 is 0 Å². The first kappa shape index (κ1) is 6.39. The van der Waals surface area contributed by atoms with Gasteiger partial charge in [0.2, 0.25) is 0 Å². The van der Waals surface area contributed by atoms with E-state index in [1.807, 2.05) is 0 Å². The molecule has 1 nitrogen and oxygen atoms in total. The molecule has 0 rings (SSSR count). The standard InChI is InChI=1S/C3H9NSi2/c1-4(2)6(3)5/h1-3H3. The van der Waals surface area contributed by atoms with Crippen molar-refractivity contribution in [1.82, 2.24) is 4.57 Å². The van der Waals surface area contributed by atoms with Crippen molar-refractivity contribution in [2.75, 3.05) is 14.1 Å². The second kappa shape index (κ2) is 2.55. The lowest BCUT2D eigenvalue weighted by Gasteiger charge is -2.10. The van der Waals surface area contributed by atoms with Crippen LogP contribution in [-0.2, 0) is 0 Å². The van der Waals surface area contributed by atoms with Crippen LogP contribution in [0.2, 0.25) is 6.55 Å². The molecule has 0 bridgehead atoms. The van der Waals surface area contributed by atoms with Crippen molar-refractivity contribution in [2.45, 2.75) is 6.55 Å². The maximum absolute atomic E-state index is 3.51. The van der Waals surface area contributed by atoms with Gasteiger partial charge in [-0.1, -0.05) is 6.55 Å². The van der Waals surface area contributed by atoms with Crippen molar-refractivity contribution >= 4 is 18.2 Å². The molecule has 0 aromatic carbocycles. The third-order valence-electron chi connectivity index (χ3n) is 0.671. The molecule has 0 saturated heterocycles. The van der Waals surface area contributed by atoms with Crippen molar-refractivity contribution in [3.8, 4) is 0 Å². The van der Waals surface area contributed by atoms with E-state index in [1.165, 1.54) is 0 Å². The Bertz CT molecular complexity index is 29.8. The molecule has 0 atom stereocenters. The molecule has 0 spiro atoms. The van der Waals surface area contributed by atoms with Crippen LogP contribution in [0, 0.1) is 0 Å². The molecule has 6 heavy (non-hydrogen) atoms. The lowest BCUT2D eigenvalue weighted by atomic mass is 11.3. The van der Waals surface area contributed by atoms with E-state index in [9.17, 15) is 0 Å². The normalized spacial score (nSPS) is 11.0. The van der Waals surface area contributed by atoms with Gasteiger partial charge in [0.25, 0.3) is 0 Å². The average Bonchev–Trinajstić information content (AvgIpc) is 1.36. The Kier molecular flexibility index (Phi) is 2.71. The third kappa shape index (κ3) is 2.62. The number of rotatable bonds is 1. The van der Waals surface area contributed by atoms with Crippen molar-refractivity contribution < 1.29 is 0 Å². The molecule has 0 aliphatic rings. The molecular weight excluding hydrogens is 106 g/mol. The van der Waals surface area contributed by atoms with Crippen molar-refractivity contribution in [3.63, 3.8) is 0 Å². The third-order valence-corrected chi connectivity index (χ3v) is 3.35. The maximum Gasteiger partial charge on any atom is 0.110 e. The van der Waals surface area contributed by atoms with Gasteiger partial charge in [-0.2, -0.15) is 0 Å². The maximum atomic E-state index is 3.51. The minimum absolute atomic E-state index is 0.313. The van der Waals surface area contributed by atoms with Gasteiger partial charge in [-0.15, -0.1) is 0 Å². The molecule has 4 radical (unpaired) electrons. The molecular formula is C3H9NSi2. The molecule has 34 valence electrons. The Morgan fingerprint density at radius 2 is 1.67 bits per heavy atom. The lowest BCUT2D eigenvalue weighted by Crippen LogP contribution is -2.29. The van der Waals surface area contributed by atoms with Gasteiger partial charge in [-0.25, -0.2) is 0 Å². The van der Waals surface area contributed by atoms with Gasteiger partial charge in [0.05, 0.1) is 0 Å². The van der Waals surface area contributed by atoms with Crippen LogP contribution in [0.5, 0.6) is 0 Å². The lowest BCUT2D eigenvalue weighted by molar-refractivity contribution is 0.658. The van der Waals surface area contributed by atoms with Crippen LogP contribution in [0.25, 0.3) is 0 Å². The number of hydrogen-bond donors (Lipinski definition) is 0. The fraction of sp³-hybridized carbons (Fsp3) is 1.00. The van der Waals surface area contributed by atoms with Gasteiger partial charge >= 0.3 is 0 Å². The molecule has 0 unspecified atom stereocenters. The van der Waals surface area contributed by atoms with E-state index in [4.69, 9.17) is 0 Å². The van der Waals surface area contributed by atoms with Crippen LogP contribution >= 0.6 is 0 Å². The summed E-state index contributed by atoms with van der Waals surface area (Å²) in [7, 11) is 7.34. The van der Waals surface area contributed by atoms with Gasteiger partial charge in [-0.3, -0.25) is 0 Å². The van der Waals surface area contributed by atoms with Gasteiger partial charge in [-0.05, 0) is 14.1 Å². The summed E-state index contributed by atoms with van der Waals surface area (Å²) in [6.07, 6.45) is 0. The van der Waals surface area contributed by atoms with E-state index in [1.54, 1.807) is 0 Å². The first-order chi connectivity index (χ1) is 2.64. The smallest absolute Gasteiger partial charge is 0.110 e. The van der Waals surface area contributed by atoms with Crippen LogP contribution in [0.4, 0.5) is 0 Å². The minimum atomic E-state index is -0.313. The number of nitrogens with zero attached hydrogens (tertiary/aromatic N) is 1. The van der Waals surface area contributed by atoms with Crippen LogP contribution in [-0.4, -0.2) is 36.9 Å². The Balaban J connectivity index is 2.99. The fourth-order valence-electron chi connectivity index (χ4n) is 0. The molecule has 0 saturated carbocycles. The SMILES string of the molecule is CN(C)[Si](C)[Si]. The van der Waals surface area contributed by atoms with E-state index >= 15 is 0 Å². The molecule has 0 aliphatic heterocycles. The highest BCUT2D eigenvalue weighted by atomic mass is 29.2. The van der Waals surface area contributed by atoms with E-state index in [0.29, 0.717) is 0 Å². The molecule has 0 fully saturated rings. The van der Waals surface area contributed by atoms with Gasteiger partial charge in [0.15, 0.2) is 0 Å². The zero-order valence-electron chi connectivity index (χ0n) is 4.45. The molecule has 0 aliphatic carbocycles. The minimum Gasteiger partial charge on any atom is -0.333 e. The van der Waals surface area contributed by atoms with Crippen LogP contribution in [0.3, 0.4) is 0 Å². The molecule has 3 heteroatoms. The Morgan fingerprint density at radius 3 is 1.67 bits per heavy atom. The Morgan fingerprint density at radius 1 is 1.50 bits per heavy atom. The van der Waals surface area contributed by atoms with Crippen molar-refractivity contribution in [2.24, 2.45) is 0 Å². The predicted molar refractivity (Wildman–Crippen MR) is 31.1 cm³/mol. The largest absolute Gasteiger partial charge is 0.333 e. The molecule has 0 heterocycles. The molecule has 0 aromatic heterocycles. The summed E-state index contributed by atoms with van der Waals surface area (Å²) in [5.41, 5.74) is 0. The van der Waals surface area contributed by atoms with Crippen LogP contribution in [0.15, 0.2) is 0 Å². The molecule has 0 N–H and O–H groups in total. The Labute approximate surface area is 44.2 Å². The van der Waals surface area contributed by atoms with Crippen molar-refractivity contribution in [1.29, 1.82) is 0 Å². The summed E-state index contributed by atoms with van der Waals surface area (Å²) in [5, 5.41) is 0. The first-order valence-electron chi connectivity index (χ1n) is 1.87. The summed E-state index contributed by atoms with van der Waals surface area (Å²) < 4.78 is 2.18. The first-order valence-corrected chi connectivity index (χ1v) is 5.32. The molecule has 0 aromatic rings. The Hall–Kier alpha value is 0.394. The second-order valence-corrected chi connectivity index (χ2v) is 5.72.